The number of aryl methyl sites for hydroxylation is 1. The first-order chi connectivity index (χ1) is 8.10. The van der Waals surface area contributed by atoms with Gasteiger partial charge in [0.25, 0.3) is 0 Å². The first-order valence-electron chi connectivity index (χ1n) is 6.26. The first kappa shape index (κ1) is 13.0. The summed E-state index contributed by atoms with van der Waals surface area (Å²) in [6.45, 7) is 9.05. The van der Waals surface area contributed by atoms with Gasteiger partial charge in [0.05, 0.1) is 18.2 Å². The van der Waals surface area contributed by atoms with E-state index in [1.165, 1.54) is 9.75 Å². The molecule has 17 heavy (non-hydrogen) atoms. The van der Waals surface area contributed by atoms with Crippen LogP contribution < -0.4 is 5.73 Å². The van der Waals surface area contributed by atoms with E-state index in [-0.39, 0.29) is 0 Å². The SMILES string of the molecule is Cc1ccc(C(CN)N2CC(C)OC(C)C2)s1. The molecular weight excluding hydrogens is 232 g/mol. The van der Waals surface area contributed by atoms with E-state index in [2.05, 4.69) is 37.8 Å². The maximum atomic E-state index is 5.96. The molecule has 3 nitrogen and oxygen atoms in total. The molecule has 0 saturated carbocycles. The Labute approximate surface area is 108 Å². The third kappa shape index (κ3) is 3.07. The van der Waals surface area contributed by atoms with Crippen LogP contribution in [0, 0.1) is 6.92 Å². The molecular formula is C13H22N2OS. The zero-order chi connectivity index (χ0) is 12.4. The second kappa shape index (κ2) is 5.48. The molecule has 3 atom stereocenters. The molecule has 1 aromatic heterocycles. The summed E-state index contributed by atoms with van der Waals surface area (Å²) in [5, 5.41) is 0. The van der Waals surface area contributed by atoms with Gasteiger partial charge in [-0.1, -0.05) is 0 Å². The normalized spacial score (nSPS) is 28.2. The summed E-state index contributed by atoms with van der Waals surface area (Å²) in [6, 6.07) is 4.74. The van der Waals surface area contributed by atoms with Crippen molar-refractivity contribution in [2.75, 3.05) is 19.6 Å². The zero-order valence-electron chi connectivity index (χ0n) is 10.8. The van der Waals surface area contributed by atoms with Gasteiger partial charge in [-0.25, -0.2) is 0 Å². The summed E-state index contributed by atoms with van der Waals surface area (Å²) in [5.41, 5.74) is 5.96. The highest BCUT2D eigenvalue weighted by Crippen LogP contribution is 2.29. The number of thiophene rings is 1. The number of ether oxygens (including phenoxy) is 1. The van der Waals surface area contributed by atoms with E-state index in [1.807, 2.05) is 11.3 Å². The van der Waals surface area contributed by atoms with Crippen LogP contribution in [0.4, 0.5) is 0 Å². The predicted molar refractivity (Wildman–Crippen MR) is 72.4 cm³/mol. The molecule has 96 valence electrons. The van der Waals surface area contributed by atoms with E-state index >= 15 is 0 Å². The van der Waals surface area contributed by atoms with Crippen LogP contribution in [0.25, 0.3) is 0 Å². The van der Waals surface area contributed by atoms with Gasteiger partial charge in [-0.05, 0) is 32.9 Å². The number of hydrogen-bond acceptors (Lipinski definition) is 4. The fraction of sp³-hybridized carbons (Fsp3) is 0.692. The van der Waals surface area contributed by atoms with Gasteiger partial charge in [-0.15, -0.1) is 11.3 Å². The Kier molecular flexibility index (Phi) is 4.20. The van der Waals surface area contributed by atoms with Gasteiger partial charge in [0.1, 0.15) is 0 Å². The van der Waals surface area contributed by atoms with Crippen molar-refractivity contribution in [2.45, 2.75) is 39.0 Å². The van der Waals surface area contributed by atoms with Crippen LogP contribution in [0.5, 0.6) is 0 Å². The molecule has 2 N–H and O–H groups in total. The largest absolute Gasteiger partial charge is 0.373 e. The number of morpholine rings is 1. The Bertz CT molecular complexity index is 356. The fourth-order valence-corrected chi connectivity index (χ4v) is 3.58. The quantitative estimate of drug-likeness (QED) is 0.898. The molecule has 2 rings (SSSR count). The topological polar surface area (TPSA) is 38.5 Å². The summed E-state index contributed by atoms with van der Waals surface area (Å²) in [4.78, 5) is 5.20. The lowest BCUT2D eigenvalue weighted by atomic mass is 10.1. The zero-order valence-corrected chi connectivity index (χ0v) is 11.7. The Hall–Kier alpha value is -0.420. The Morgan fingerprint density at radius 2 is 2.06 bits per heavy atom. The first-order valence-corrected chi connectivity index (χ1v) is 7.07. The van der Waals surface area contributed by atoms with Gasteiger partial charge in [-0.3, -0.25) is 4.90 Å². The highest BCUT2D eigenvalue weighted by atomic mass is 32.1. The van der Waals surface area contributed by atoms with Crippen LogP contribution in [0.15, 0.2) is 12.1 Å². The van der Waals surface area contributed by atoms with Gasteiger partial charge in [0.2, 0.25) is 0 Å². The molecule has 0 amide bonds. The molecule has 1 aliphatic heterocycles. The molecule has 1 aromatic rings. The Morgan fingerprint density at radius 3 is 2.53 bits per heavy atom. The van der Waals surface area contributed by atoms with Gasteiger partial charge in [0.15, 0.2) is 0 Å². The van der Waals surface area contributed by atoms with Crippen LogP contribution in [-0.2, 0) is 4.74 Å². The van der Waals surface area contributed by atoms with Crippen molar-refractivity contribution in [3.63, 3.8) is 0 Å². The monoisotopic (exact) mass is 254 g/mol. The van der Waals surface area contributed by atoms with Crippen molar-refractivity contribution in [2.24, 2.45) is 5.73 Å². The molecule has 0 radical (unpaired) electrons. The lowest BCUT2D eigenvalue weighted by Crippen LogP contribution is -2.48. The highest BCUT2D eigenvalue weighted by Gasteiger charge is 2.28. The number of nitrogens with two attached hydrogens (primary N) is 1. The Morgan fingerprint density at radius 1 is 1.41 bits per heavy atom. The molecule has 1 fully saturated rings. The summed E-state index contributed by atoms with van der Waals surface area (Å²) < 4.78 is 5.77. The molecule has 1 saturated heterocycles. The maximum absolute atomic E-state index is 5.96. The van der Waals surface area contributed by atoms with E-state index in [0.29, 0.717) is 24.8 Å². The fourth-order valence-electron chi connectivity index (χ4n) is 2.55. The minimum Gasteiger partial charge on any atom is -0.373 e. The summed E-state index contributed by atoms with van der Waals surface area (Å²) in [5.74, 6) is 0. The lowest BCUT2D eigenvalue weighted by molar-refractivity contribution is -0.0795. The van der Waals surface area contributed by atoms with Crippen LogP contribution in [0.3, 0.4) is 0 Å². The molecule has 0 bridgehead atoms. The molecule has 4 heteroatoms. The summed E-state index contributed by atoms with van der Waals surface area (Å²) in [7, 11) is 0. The second-order valence-corrected chi connectivity index (χ2v) is 6.23. The van der Waals surface area contributed by atoms with Crippen molar-refractivity contribution < 1.29 is 4.74 Å². The van der Waals surface area contributed by atoms with Gasteiger partial charge < -0.3 is 10.5 Å². The van der Waals surface area contributed by atoms with E-state index in [1.54, 1.807) is 0 Å². The molecule has 0 aliphatic carbocycles. The molecule has 0 aromatic carbocycles. The Balaban J connectivity index is 2.12. The minimum atomic E-state index is 0.300. The van der Waals surface area contributed by atoms with Crippen molar-refractivity contribution in [3.05, 3.63) is 21.9 Å². The van der Waals surface area contributed by atoms with E-state index in [4.69, 9.17) is 10.5 Å². The average Bonchev–Trinajstić information content (AvgIpc) is 2.64. The van der Waals surface area contributed by atoms with Crippen LogP contribution in [-0.4, -0.2) is 36.7 Å². The van der Waals surface area contributed by atoms with Crippen molar-refractivity contribution >= 4 is 11.3 Å². The van der Waals surface area contributed by atoms with Gasteiger partial charge in [0, 0.05) is 29.4 Å². The summed E-state index contributed by atoms with van der Waals surface area (Å²) in [6.07, 6.45) is 0.600. The van der Waals surface area contributed by atoms with Crippen LogP contribution in [0.1, 0.15) is 29.6 Å². The van der Waals surface area contributed by atoms with E-state index in [0.717, 1.165) is 13.1 Å². The number of rotatable bonds is 3. The number of nitrogens with zero attached hydrogens (tertiary/aromatic N) is 1. The van der Waals surface area contributed by atoms with Crippen LogP contribution >= 0.6 is 11.3 Å². The maximum Gasteiger partial charge on any atom is 0.0678 e. The van der Waals surface area contributed by atoms with Crippen molar-refractivity contribution in [1.29, 1.82) is 0 Å². The highest BCUT2D eigenvalue weighted by molar-refractivity contribution is 7.12. The van der Waals surface area contributed by atoms with Gasteiger partial charge in [-0.2, -0.15) is 0 Å². The molecule has 0 spiro atoms. The third-order valence-electron chi connectivity index (χ3n) is 3.20. The van der Waals surface area contributed by atoms with Gasteiger partial charge >= 0.3 is 0 Å². The molecule has 1 aliphatic rings. The second-order valence-electron chi connectivity index (χ2n) is 4.91. The lowest BCUT2D eigenvalue weighted by Gasteiger charge is -2.39. The summed E-state index contributed by atoms with van der Waals surface area (Å²) >= 11 is 1.85. The predicted octanol–water partition coefficient (Wildman–Crippen LogP) is 2.17. The molecule has 3 unspecified atom stereocenters. The molecule has 2 heterocycles. The van der Waals surface area contributed by atoms with Crippen molar-refractivity contribution in [3.8, 4) is 0 Å². The van der Waals surface area contributed by atoms with Crippen LogP contribution in [0.2, 0.25) is 0 Å². The minimum absolute atomic E-state index is 0.300. The average molecular weight is 254 g/mol. The van der Waals surface area contributed by atoms with E-state index in [9.17, 15) is 0 Å². The standard InChI is InChI=1S/C13H22N2OS/c1-9-7-15(8-10(2)16-9)12(6-14)13-5-4-11(3)17-13/h4-5,9-10,12H,6-8,14H2,1-3H3. The van der Waals surface area contributed by atoms with E-state index < -0.39 is 0 Å². The number of hydrogen-bond donors (Lipinski definition) is 1. The van der Waals surface area contributed by atoms with Crippen molar-refractivity contribution in [1.82, 2.24) is 4.90 Å². The third-order valence-corrected chi connectivity index (χ3v) is 4.30. The smallest absolute Gasteiger partial charge is 0.0678 e.